The Kier molecular flexibility index (Phi) is 5.12. The van der Waals surface area contributed by atoms with Gasteiger partial charge in [-0.1, -0.05) is 24.3 Å². The van der Waals surface area contributed by atoms with Gasteiger partial charge in [-0.2, -0.15) is 0 Å². The van der Waals surface area contributed by atoms with E-state index in [1.807, 2.05) is 4.90 Å². The molecule has 2 heterocycles. The fourth-order valence-electron chi connectivity index (χ4n) is 3.40. The van der Waals surface area contributed by atoms with E-state index in [-0.39, 0.29) is 17.9 Å². The Hall–Kier alpha value is -2.69. The summed E-state index contributed by atoms with van der Waals surface area (Å²) < 4.78 is 4.73. The van der Waals surface area contributed by atoms with E-state index < -0.39 is 0 Å². The summed E-state index contributed by atoms with van der Waals surface area (Å²) in [6.45, 7) is 2.47. The first-order valence-electron chi connectivity index (χ1n) is 8.47. The van der Waals surface area contributed by atoms with Crippen LogP contribution in [-0.2, 0) is 16.0 Å². The molecule has 2 aromatic rings. The van der Waals surface area contributed by atoms with E-state index in [9.17, 15) is 9.59 Å². The van der Waals surface area contributed by atoms with Crippen molar-refractivity contribution in [1.82, 2.24) is 9.88 Å². The first kappa shape index (κ1) is 17.1. The van der Waals surface area contributed by atoms with Gasteiger partial charge < -0.3 is 9.64 Å². The Morgan fingerprint density at radius 3 is 2.64 bits per heavy atom. The molecule has 1 saturated heterocycles. The van der Waals surface area contributed by atoms with Crippen LogP contribution in [0.3, 0.4) is 0 Å². The smallest absolute Gasteiger partial charge is 0.339 e. The van der Waals surface area contributed by atoms with Crippen LogP contribution >= 0.6 is 0 Å². The molecule has 0 aliphatic carbocycles. The van der Waals surface area contributed by atoms with E-state index >= 15 is 0 Å². The number of aromatic nitrogens is 1. The van der Waals surface area contributed by atoms with Gasteiger partial charge in [0.05, 0.1) is 18.7 Å². The van der Waals surface area contributed by atoms with Crippen LogP contribution in [-0.4, -0.2) is 35.4 Å². The summed E-state index contributed by atoms with van der Waals surface area (Å²) in [7, 11) is 1.36. The Bertz CT molecular complexity index is 771. The van der Waals surface area contributed by atoms with Gasteiger partial charge in [-0.3, -0.25) is 9.78 Å². The minimum absolute atomic E-state index is 0.136. The first-order chi connectivity index (χ1) is 12.1. The zero-order chi connectivity index (χ0) is 17.8. The summed E-state index contributed by atoms with van der Waals surface area (Å²) in [4.78, 5) is 29.4. The third-order valence-corrected chi connectivity index (χ3v) is 4.65. The second-order valence-electron chi connectivity index (χ2n) is 6.36. The van der Waals surface area contributed by atoms with Crippen LogP contribution in [0.25, 0.3) is 0 Å². The molecule has 5 heteroatoms. The van der Waals surface area contributed by atoms with Gasteiger partial charge in [0.1, 0.15) is 0 Å². The van der Waals surface area contributed by atoms with Crippen molar-refractivity contribution in [1.29, 1.82) is 0 Å². The molecule has 0 bridgehead atoms. The van der Waals surface area contributed by atoms with Gasteiger partial charge >= 0.3 is 5.97 Å². The number of hydrogen-bond acceptors (Lipinski definition) is 4. The molecule has 0 spiro atoms. The Balaban J connectivity index is 1.73. The van der Waals surface area contributed by atoms with Gasteiger partial charge in [0.2, 0.25) is 5.91 Å². The lowest BCUT2D eigenvalue weighted by Crippen LogP contribution is -2.27. The van der Waals surface area contributed by atoms with Crippen LogP contribution in [0.2, 0.25) is 0 Å². The normalized spacial score (nSPS) is 16.7. The van der Waals surface area contributed by atoms with Crippen LogP contribution < -0.4 is 0 Å². The molecule has 0 saturated carbocycles. The van der Waals surface area contributed by atoms with Crippen molar-refractivity contribution in [3.63, 3.8) is 0 Å². The number of ether oxygens (including phenoxy) is 1. The summed E-state index contributed by atoms with van der Waals surface area (Å²) in [5, 5.41) is 0. The molecule has 130 valence electrons. The highest BCUT2D eigenvalue weighted by Gasteiger charge is 2.27. The monoisotopic (exact) mass is 338 g/mol. The maximum atomic E-state index is 11.7. The van der Waals surface area contributed by atoms with Crippen LogP contribution in [0, 0.1) is 0 Å². The summed E-state index contributed by atoms with van der Waals surface area (Å²) >= 11 is 0. The van der Waals surface area contributed by atoms with Gasteiger partial charge in [-0.05, 0) is 42.0 Å². The minimum Gasteiger partial charge on any atom is -0.465 e. The standard InChI is InChI=1S/C20H22N2O3/c1-14(23)22-9-3-4-19(22)17-7-5-15(6-8-17)10-16-11-18(13-21-12-16)20(24)25-2/h5-8,11-13,19H,3-4,9-10H2,1-2H3. The number of methoxy groups -OCH3 is 1. The molecule has 1 aromatic heterocycles. The van der Waals surface area contributed by atoms with Crippen molar-refractivity contribution in [2.45, 2.75) is 32.2 Å². The van der Waals surface area contributed by atoms with Crippen LogP contribution in [0.4, 0.5) is 0 Å². The highest BCUT2D eigenvalue weighted by molar-refractivity contribution is 5.89. The molecule has 1 fully saturated rings. The quantitative estimate of drug-likeness (QED) is 0.804. The minimum atomic E-state index is -0.379. The summed E-state index contributed by atoms with van der Waals surface area (Å²) in [6, 6.07) is 10.3. The number of amides is 1. The molecule has 0 N–H and O–H groups in total. The van der Waals surface area contributed by atoms with Crippen molar-refractivity contribution < 1.29 is 14.3 Å². The number of carbonyl (C=O) groups is 2. The van der Waals surface area contributed by atoms with Crippen LogP contribution in [0.5, 0.6) is 0 Å². The van der Waals surface area contributed by atoms with Crippen molar-refractivity contribution in [2.75, 3.05) is 13.7 Å². The summed E-state index contributed by atoms with van der Waals surface area (Å²) in [5.74, 6) is -0.243. The van der Waals surface area contributed by atoms with Crippen molar-refractivity contribution >= 4 is 11.9 Å². The fourth-order valence-corrected chi connectivity index (χ4v) is 3.40. The third-order valence-electron chi connectivity index (χ3n) is 4.65. The average Bonchev–Trinajstić information content (AvgIpc) is 3.12. The Labute approximate surface area is 147 Å². The maximum absolute atomic E-state index is 11.7. The number of rotatable bonds is 4. The average molecular weight is 338 g/mol. The number of benzene rings is 1. The second kappa shape index (κ2) is 7.47. The number of pyridine rings is 1. The maximum Gasteiger partial charge on any atom is 0.339 e. The lowest BCUT2D eigenvalue weighted by atomic mass is 9.99. The Morgan fingerprint density at radius 1 is 1.20 bits per heavy atom. The van der Waals surface area contributed by atoms with Crippen molar-refractivity contribution in [3.8, 4) is 0 Å². The number of esters is 1. The molecule has 0 radical (unpaired) electrons. The molecular formula is C20H22N2O3. The SMILES string of the molecule is COC(=O)c1cncc(Cc2ccc(C3CCCN3C(C)=O)cc2)c1. The van der Waals surface area contributed by atoms with E-state index in [4.69, 9.17) is 4.74 Å². The number of carbonyl (C=O) groups excluding carboxylic acids is 2. The van der Waals surface area contributed by atoms with Crippen LogP contribution in [0.1, 0.15) is 52.9 Å². The molecule has 1 atom stereocenters. The third kappa shape index (κ3) is 3.87. The van der Waals surface area contributed by atoms with E-state index in [1.165, 1.54) is 18.9 Å². The van der Waals surface area contributed by atoms with Gasteiger partial charge in [-0.15, -0.1) is 0 Å². The molecule has 5 nitrogen and oxygen atoms in total. The fraction of sp³-hybridized carbons (Fsp3) is 0.350. The first-order valence-corrected chi connectivity index (χ1v) is 8.47. The molecule has 25 heavy (non-hydrogen) atoms. The van der Waals surface area contributed by atoms with Crippen molar-refractivity contribution in [3.05, 3.63) is 65.0 Å². The van der Waals surface area contributed by atoms with Gasteiger partial charge in [-0.25, -0.2) is 4.79 Å². The predicted octanol–water partition coefficient (Wildman–Crippen LogP) is 3.14. The second-order valence-corrected chi connectivity index (χ2v) is 6.36. The van der Waals surface area contributed by atoms with Gasteiger partial charge in [0.15, 0.2) is 0 Å². The lowest BCUT2D eigenvalue weighted by Gasteiger charge is -2.23. The number of hydrogen-bond donors (Lipinski definition) is 0. The molecular weight excluding hydrogens is 316 g/mol. The van der Waals surface area contributed by atoms with Gasteiger partial charge in [0, 0.05) is 25.9 Å². The summed E-state index contributed by atoms with van der Waals surface area (Å²) in [6.07, 6.45) is 6.03. The van der Waals surface area contributed by atoms with Gasteiger partial charge in [0.25, 0.3) is 0 Å². The molecule has 3 rings (SSSR count). The van der Waals surface area contributed by atoms with E-state index in [2.05, 4.69) is 29.2 Å². The lowest BCUT2D eigenvalue weighted by molar-refractivity contribution is -0.129. The molecule has 1 amide bonds. The topological polar surface area (TPSA) is 59.5 Å². The van der Waals surface area contributed by atoms with E-state index in [1.54, 1.807) is 19.2 Å². The Morgan fingerprint density at radius 2 is 1.96 bits per heavy atom. The molecule has 1 aromatic carbocycles. The zero-order valence-corrected chi connectivity index (χ0v) is 14.6. The summed E-state index contributed by atoms with van der Waals surface area (Å²) in [5.41, 5.74) is 3.74. The number of nitrogens with zero attached hydrogens (tertiary/aromatic N) is 2. The highest BCUT2D eigenvalue weighted by atomic mass is 16.5. The molecule has 1 aliphatic heterocycles. The molecule has 1 unspecified atom stereocenters. The van der Waals surface area contributed by atoms with Crippen LogP contribution in [0.15, 0.2) is 42.7 Å². The highest BCUT2D eigenvalue weighted by Crippen LogP contribution is 2.32. The predicted molar refractivity (Wildman–Crippen MR) is 94.2 cm³/mol. The largest absolute Gasteiger partial charge is 0.465 e. The number of likely N-dealkylation sites (tertiary alicyclic amines) is 1. The molecule has 1 aliphatic rings. The van der Waals surface area contributed by atoms with Crippen molar-refractivity contribution in [2.24, 2.45) is 0 Å². The van der Waals surface area contributed by atoms with E-state index in [0.717, 1.165) is 30.5 Å². The van der Waals surface area contributed by atoms with E-state index in [0.29, 0.717) is 12.0 Å². The zero-order valence-electron chi connectivity index (χ0n) is 14.6.